The highest BCUT2D eigenvalue weighted by molar-refractivity contribution is 6.34. The molecule has 1 N–H and O–H groups in total. The van der Waals surface area contributed by atoms with Crippen LogP contribution < -0.4 is 0 Å². The van der Waals surface area contributed by atoms with E-state index in [9.17, 15) is 9.59 Å². The molecule has 9 heteroatoms. The van der Waals surface area contributed by atoms with E-state index in [4.69, 9.17) is 16.7 Å². The number of benzene rings is 1. The molecule has 0 aliphatic carbocycles. The maximum absolute atomic E-state index is 12.5. The second-order valence-corrected chi connectivity index (χ2v) is 5.32. The summed E-state index contributed by atoms with van der Waals surface area (Å²) in [5, 5.41) is 20.2. The summed E-state index contributed by atoms with van der Waals surface area (Å²) in [4.78, 5) is 25.0. The lowest BCUT2D eigenvalue weighted by Crippen LogP contribution is -2.40. The van der Waals surface area contributed by atoms with Gasteiger partial charge in [0.1, 0.15) is 12.4 Å². The summed E-state index contributed by atoms with van der Waals surface area (Å²) >= 11 is 6.17. The molecule has 1 aromatic carbocycles. The number of halogens is 1. The maximum atomic E-state index is 12.5. The second-order valence-electron chi connectivity index (χ2n) is 4.91. The predicted octanol–water partition coefficient (Wildman–Crippen LogP) is 1.00. The second kappa shape index (κ2) is 5.72. The van der Waals surface area contributed by atoms with Crippen molar-refractivity contribution in [3.63, 3.8) is 0 Å². The average molecular weight is 322 g/mol. The largest absolute Gasteiger partial charge is 0.480 e. The van der Waals surface area contributed by atoms with Crippen molar-refractivity contribution in [2.75, 3.05) is 6.54 Å². The zero-order valence-corrected chi connectivity index (χ0v) is 12.1. The molecule has 1 fully saturated rings. The number of amides is 1. The summed E-state index contributed by atoms with van der Waals surface area (Å²) in [6, 6.07) is 3.99. The van der Waals surface area contributed by atoms with E-state index in [2.05, 4.69) is 15.5 Å². The predicted molar refractivity (Wildman–Crippen MR) is 75.9 cm³/mol. The normalized spacial score (nSPS) is 17.7. The Morgan fingerprint density at radius 2 is 2.18 bits per heavy atom. The van der Waals surface area contributed by atoms with E-state index in [1.807, 2.05) is 0 Å². The van der Waals surface area contributed by atoms with Crippen LogP contribution in [0.2, 0.25) is 5.02 Å². The lowest BCUT2D eigenvalue weighted by Gasteiger charge is -2.22. The molecule has 114 valence electrons. The SMILES string of the molecule is O=C(O)[C@@H]1CCCN1C(=O)c1ccc(-n2cnnn2)cc1Cl. The fourth-order valence-electron chi connectivity index (χ4n) is 2.52. The molecule has 2 aromatic rings. The molecule has 1 saturated heterocycles. The van der Waals surface area contributed by atoms with Gasteiger partial charge in [0.05, 0.1) is 16.3 Å². The lowest BCUT2D eigenvalue weighted by molar-refractivity contribution is -0.141. The number of aromatic nitrogens is 4. The van der Waals surface area contributed by atoms with Gasteiger partial charge in [-0.15, -0.1) is 5.10 Å². The fourth-order valence-corrected chi connectivity index (χ4v) is 2.78. The standard InChI is InChI=1S/C13H12ClN5O3/c14-10-6-8(19-7-15-16-17-19)3-4-9(10)12(20)18-5-1-2-11(18)13(21)22/h3-4,6-7,11H,1-2,5H2,(H,21,22)/t11-/m0/s1. The van der Waals surface area contributed by atoms with Crippen molar-refractivity contribution in [1.29, 1.82) is 0 Å². The molecular weight excluding hydrogens is 310 g/mol. The van der Waals surface area contributed by atoms with Gasteiger partial charge in [0.15, 0.2) is 0 Å². The molecule has 2 heterocycles. The van der Waals surface area contributed by atoms with E-state index >= 15 is 0 Å². The van der Waals surface area contributed by atoms with Crippen LogP contribution in [-0.4, -0.2) is 54.7 Å². The molecule has 1 aliphatic heterocycles. The number of carbonyl (C=O) groups excluding carboxylic acids is 1. The van der Waals surface area contributed by atoms with Gasteiger partial charge in [-0.1, -0.05) is 11.6 Å². The Kier molecular flexibility index (Phi) is 3.76. The number of hydrogen-bond donors (Lipinski definition) is 1. The minimum Gasteiger partial charge on any atom is -0.480 e. The summed E-state index contributed by atoms with van der Waals surface area (Å²) in [7, 11) is 0. The van der Waals surface area contributed by atoms with Gasteiger partial charge in [0.2, 0.25) is 0 Å². The van der Waals surface area contributed by atoms with Gasteiger partial charge in [0.25, 0.3) is 5.91 Å². The van der Waals surface area contributed by atoms with Gasteiger partial charge in [-0.3, -0.25) is 4.79 Å². The first kappa shape index (κ1) is 14.5. The van der Waals surface area contributed by atoms with Crippen LogP contribution in [0.3, 0.4) is 0 Å². The van der Waals surface area contributed by atoms with E-state index in [1.54, 1.807) is 18.2 Å². The van der Waals surface area contributed by atoms with Gasteiger partial charge < -0.3 is 10.0 Å². The first-order valence-corrected chi connectivity index (χ1v) is 7.02. The van der Waals surface area contributed by atoms with Gasteiger partial charge in [-0.25, -0.2) is 9.48 Å². The molecule has 1 amide bonds. The van der Waals surface area contributed by atoms with Crippen molar-refractivity contribution in [2.24, 2.45) is 0 Å². The Hall–Kier alpha value is -2.48. The third-order valence-corrected chi connectivity index (χ3v) is 3.91. The third kappa shape index (κ3) is 2.52. The summed E-state index contributed by atoms with van der Waals surface area (Å²) in [6.07, 6.45) is 2.54. The number of nitrogens with zero attached hydrogens (tertiary/aromatic N) is 5. The number of rotatable bonds is 3. The number of hydrogen-bond acceptors (Lipinski definition) is 5. The molecule has 22 heavy (non-hydrogen) atoms. The van der Waals surface area contributed by atoms with Crippen molar-refractivity contribution >= 4 is 23.5 Å². The summed E-state index contributed by atoms with van der Waals surface area (Å²) in [6.45, 7) is 0.418. The number of likely N-dealkylation sites (tertiary alicyclic amines) is 1. The zero-order valence-electron chi connectivity index (χ0n) is 11.4. The van der Waals surface area contributed by atoms with Gasteiger partial charge in [-0.2, -0.15) is 0 Å². The molecule has 0 radical (unpaired) electrons. The van der Waals surface area contributed by atoms with Crippen molar-refractivity contribution in [3.8, 4) is 5.69 Å². The molecule has 8 nitrogen and oxygen atoms in total. The first-order chi connectivity index (χ1) is 10.6. The van der Waals surface area contributed by atoms with E-state index in [1.165, 1.54) is 15.9 Å². The summed E-state index contributed by atoms with van der Waals surface area (Å²) in [5.41, 5.74) is 0.884. The molecule has 1 aliphatic rings. The summed E-state index contributed by atoms with van der Waals surface area (Å²) in [5.74, 6) is -1.37. The van der Waals surface area contributed by atoms with Gasteiger partial charge in [-0.05, 0) is 41.5 Å². The van der Waals surface area contributed by atoms with Crippen LogP contribution in [0.1, 0.15) is 23.2 Å². The average Bonchev–Trinajstić information content (AvgIpc) is 3.17. The monoisotopic (exact) mass is 321 g/mol. The number of carboxylic acids is 1. The number of carbonyl (C=O) groups is 2. The number of carboxylic acid groups (broad SMARTS) is 1. The van der Waals surface area contributed by atoms with E-state index in [0.717, 1.165) is 0 Å². The fraction of sp³-hybridized carbons (Fsp3) is 0.308. The zero-order chi connectivity index (χ0) is 15.7. The van der Waals surface area contributed by atoms with Crippen LogP contribution in [0, 0.1) is 0 Å². The van der Waals surface area contributed by atoms with E-state index < -0.39 is 12.0 Å². The Bertz CT molecular complexity index is 718. The molecule has 3 rings (SSSR count). The topological polar surface area (TPSA) is 101 Å². The van der Waals surface area contributed by atoms with E-state index in [-0.39, 0.29) is 16.5 Å². The van der Waals surface area contributed by atoms with Crippen LogP contribution >= 0.6 is 11.6 Å². The lowest BCUT2D eigenvalue weighted by atomic mass is 10.1. The van der Waals surface area contributed by atoms with Crippen LogP contribution in [0.15, 0.2) is 24.5 Å². The Morgan fingerprint density at radius 3 is 2.82 bits per heavy atom. The van der Waals surface area contributed by atoms with Crippen molar-refractivity contribution in [1.82, 2.24) is 25.1 Å². The molecule has 1 atom stereocenters. The molecule has 0 spiro atoms. The minimum absolute atomic E-state index is 0.231. The number of aliphatic carboxylic acids is 1. The van der Waals surface area contributed by atoms with Crippen molar-refractivity contribution in [2.45, 2.75) is 18.9 Å². The van der Waals surface area contributed by atoms with Crippen LogP contribution in [-0.2, 0) is 4.79 Å². The molecule has 1 aromatic heterocycles. The Morgan fingerprint density at radius 1 is 1.36 bits per heavy atom. The number of tetrazole rings is 1. The van der Waals surface area contributed by atoms with Gasteiger partial charge >= 0.3 is 5.97 Å². The Balaban J connectivity index is 1.89. The van der Waals surface area contributed by atoms with Crippen molar-refractivity contribution in [3.05, 3.63) is 35.1 Å². The maximum Gasteiger partial charge on any atom is 0.326 e. The highest BCUT2D eigenvalue weighted by Gasteiger charge is 2.35. The quantitative estimate of drug-likeness (QED) is 0.905. The molecule has 0 saturated carbocycles. The molecule has 0 unspecified atom stereocenters. The molecule has 0 bridgehead atoms. The Labute approximate surface area is 130 Å². The summed E-state index contributed by atoms with van der Waals surface area (Å²) < 4.78 is 1.41. The van der Waals surface area contributed by atoms with Crippen LogP contribution in [0.4, 0.5) is 0 Å². The van der Waals surface area contributed by atoms with Crippen molar-refractivity contribution < 1.29 is 14.7 Å². The minimum atomic E-state index is -0.993. The smallest absolute Gasteiger partial charge is 0.326 e. The third-order valence-electron chi connectivity index (χ3n) is 3.60. The van der Waals surface area contributed by atoms with Crippen LogP contribution in [0.25, 0.3) is 5.69 Å². The first-order valence-electron chi connectivity index (χ1n) is 6.64. The van der Waals surface area contributed by atoms with Crippen LogP contribution in [0.5, 0.6) is 0 Å². The highest BCUT2D eigenvalue weighted by atomic mass is 35.5. The molecular formula is C13H12ClN5O3. The highest BCUT2D eigenvalue weighted by Crippen LogP contribution is 2.25. The van der Waals surface area contributed by atoms with Gasteiger partial charge in [0, 0.05) is 6.54 Å². The van der Waals surface area contributed by atoms with E-state index in [0.29, 0.717) is 25.1 Å².